The molecule has 0 unspecified atom stereocenters. The third-order valence-corrected chi connectivity index (χ3v) is 2.08. The van der Waals surface area contributed by atoms with Gasteiger partial charge in [0, 0.05) is 17.1 Å². The van der Waals surface area contributed by atoms with E-state index in [1.54, 1.807) is 24.4 Å². The predicted octanol–water partition coefficient (Wildman–Crippen LogP) is -0.193. The van der Waals surface area contributed by atoms with Crippen LogP contribution in [0.1, 0.15) is 0 Å². The van der Waals surface area contributed by atoms with Crippen LogP contribution < -0.4 is 10.4 Å². The maximum atomic E-state index is 11.3. The minimum Gasteiger partial charge on any atom is -0.545 e. The fourth-order valence-corrected chi connectivity index (χ4v) is 1.34. The number of aromatic nitrogens is 2. The number of aliphatic carboxylic acids is 1. The number of anilines is 1. The number of carbonyl (C=O) groups is 2. The zero-order valence-electron chi connectivity index (χ0n) is 8.64. The molecular weight excluding hydrogens is 222 g/mol. The molecule has 86 valence electrons. The van der Waals surface area contributed by atoms with Crippen LogP contribution in [0.2, 0.25) is 0 Å². The van der Waals surface area contributed by atoms with Crippen LogP contribution in [0, 0.1) is 0 Å². The molecule has 0 aliphatic rings. The van der Waals surface area contributed by atoms with Gasteiger partial charge in [-0.25, -0.2) is 0 Å². The molecular formula is C11H8N3O3-. The Labute approximate surface area is 95.9 Å². The molecule has 0 spiro atoms. The summed E-state index contributed by atoms with van der Waals surface area (Å²) in [6.45, 7) is 0. The maximum absolute atomic E-state index is 11.3. The van der Waals surface area contributed by atoms with E-state index >= 15 is 0 Å². The minimum absolute atomic E-state index is 0.534. The highest BCUT2D eigenvalue weighted by Gasteiger charge is 2.00. The van der Waals surface area contributed by atoms with E-state index in [1.165, 1.54) is 0 Å². The molecule has 1 aromatic heterocycles. The summed E-state index contributed by atoms with van der Waals surface area (Å²) in [4.78, 5) is 21.4. The predicted molar refractivity (Wildman–Crippen MR) is 58.9 cm³/mol. The van der Waals surface area contributed by atoms with Crippen LogP contribution in [-0.4, -0.2) is 22.1 Å². The van der Waals surface area contributed by atoms with Gasteiger partial charge in [-0.2, -0.15) is 5.10 Å². The van der Waals surface area contributed by atoms with E-state index in [0.717, 1.165) is 17.0 Å². The monoisotopic (exact) mass is 230 g/mol. The Bertz CT molecular complexity index is 601. The number of carboxylic acids is 1. The van der Waals surface area contributed by atoms with Crippen molar-refractivity contribution in [3.05, 3.63) is 36.5 Å². The van der Waals surface area contributed by atoms with Gasteiger partial charge in [0.2, 0.25) is 5.91 Å². The highest BCUT2D eigenvalue weighted by molar-refractivity contribution is 6.02. The number of carboxylic acid groups (broad SMARTS) is 1. The first-order valence-corrected chi connectivity index (χ1v) is 4.78. The molecule has 1 aromatic carbocycles. The summed E-state index contributed by atoms with van der Waals surface area (Å²) in [7, 11) is 0. The Balaban J connectivity index is 2.12. The summed E-state index contributed by atoms with van der Waals surface area (Å²) < 4.78 is 0. The van der Waals surface area contributed by atoms with E-state index in [2.05, 4.69) is 15.5 Å². The summed E-state index contributed by atoms with van der Waals surface area (Å²) in [5, 5.41) is 20.1. The first-order valence-electron chi connectivity index (χ1n) is 4.78. The van der Waals surface area contributed by atoms with Gasteiger partial charge in [0.15, 0.2) is 0 Å². The molecule has 6 heteroatoms. The fraction of sp³-hybridized carbons (Fsp3) is 0. The summed E-state index contributed by atoms with van der Waals surface area (Å²) in [5.41, 5.74) is 1.33. The molecule has 0 aliphatic carbocycles. The Hall–Kier alpha value is -2.63. The number of rotatable bonds is 3. The molecule has 0 atom stereocenters. The Morgan fingerprint density at radius 1 is 1.35 bits per heavy atom. The van der Waals surface area contributed by atoms with Gasteiger partial charge >= 0.3 is 0 Å². The molecule has 6 nitrogen and oxygen atoms in total. The molecule has 2 rings (SSSR count). The molecule has 1 amide bonds. The standard InChI is InChI=1S/C11H9N3O3/c15-10(3-4-11(16)17)13-8-2-1-7-6-12-14-9(7)5-8/h1-6H,(H,12,14)(H,13,15)(H,16,17)/p-1/b4-3+. The number of hydrogen-bond donors (Lipinski definition) is 2. The summed E-state index contributed by atoms with van der Waals surface area (Å²) in [6, 6.07) is 5.19. The van der Waals surface area contributed by atoms with Crippen molar-refractivity contribution in [2.45, 2.75) is 0 Å². The fourth-order valence-electron chi connectivity index (χ4n) is 1.34. The second-order valence-electron chi connectivity index (χ2n) is 3.31. The van der Waals surface area contributed by atoms with Crippen molar-refractivity contribution in [2.24, 2.45) is 0 Å². The van der Waals surface area contributed by atoms with Crippen molar-refractivity contribution in [2.75, 3.05) is 5.32 Å². The van der Waals surface area contributed by atoms with Gasteiger partial charge in [-0.15, -0.1) is 0 Å². The van der Waals surface area contributed by atoms with Crippen molar-refractivity contribution in [1.82, 2.24) is 10.2 Å². The van der Waals surface area contributed by atoms with E-state index in [4.69, 9.17) is 0 Å². The highest BCUT2D eigenvalue weighted by Crippen LogP contribution is 2.16. The number of nitrogens with zero attached hydrogens (tertiary/aromatic N) is 1. The number of fused-ring (bicyclic) bond motifs is 1. The topological polar surface area (TPSA) is 97.9 Å². The molecule has 0 bridgehead atoms. The minimum atomic E-state index is -1.41. The van der Waals surface area contributed by atoms with Crippen LogP contribution in [0.3, 0.4) is 0 Å². The molecule has 1 heterocycles. The van der Waals surface area contributed by atoms with Gasteiger partial charge in [-0.05, 0) is 24.3 Å². The Morgan fingerprint density at radius 3 is 2.94 bits per heavy atom. The van der Waals surface area contributed by atoms with E-state index < -0.39 is 11.9 Å². The average Bonchev–Trinajstić information content (AvgIpc) is 2.73. The maximum Gasteiger partial charge on any atom is 0.248 e. The number of nitrogens with one attached hydrogen (secondary N) is 2. The van der Waals surface area contributed by atoms with Gasteiger partial charge in [0.25, 0.3) is 0 Å². The lowest BCUT2D eigenvalue weighted by Crippen LogP contribution is -2.20. The van der Waals surface area contributed by atoms with Crippen molar-refractivity contribution in [1.29, 1.82) is 0 Å². The quantitative estimate of drug-likeness (QED) is 0.714. The number of hydrogen-bond acceptors (Lipinski definition) is 4. The highest BCUT2D eigenvalue weighted by atomic mass is 16.4. The molecule has 0 saturated heterocycles. The third kappa shape index (κ3) is 2.69. The Kier molecular flexibility index (Phi) is 2.87. The van der Waals surface area contributed by atoms with E-state index in [1.807, 2.05) is 0 Å². The summed E-state index contributed by atoms with van der Waals surface area (Å²) >= 11 is 0. The first-order chi connectivity index (χ1) is 8.15. The summed E-state index contributed by atoms with van der Waals surface area (Å²) in [5.74, 6) is -1.95. The number of amides is 1. The summed E-state index contributed by atoms with van der Waals surface area (Å²) in [6.07, 6.45) is 3.23. The molecule has 2 N–H and O–H groups in total. The molecule has 0 radical (unpaired) electrons. The SMILES string of the molecule is O=C([O-])/C=C/C(=O)Nc1ccc2cn[nH]c2c1. The van der Waals surface area contributed by atoms with Crippen LogP contribution in [-0.2, 0) is 9.59 Å². The Morgan fingerprint density at radius 2 is 2.18 bits per heavy atom. The van der Waals surface area contributed by atoms with Gasteiger partial charge in [0.05, 0.1) is 17.7 Å². The number of benzene rings is 1. The van der Waals surface area contributed by atoms with Gasteiger partial charge in [0.1, 0.15) is 0 Å². The van der Waals surface area contributed by atoms with Gasteiger partial charge in [-0.3, -0.25) is 9.89 Å². The number of H-pyrrole nitrogens is 1. The molecule has 0 fully saturated rings. The first kappa shape index (κ1) is 10.9. The number of carbonyl (C=O) groups excluding carboxylic acids is 2. The van der Waals surface area contributed by atoms with Crippen LogP contribution in [0.15, 0.2) is 36.5 Å². The second-order valence-corrected chi connectivity index (χ2v) is 3.31. The largest absolute Gasteiger partial charge is 0.545 e. The van der Waals surface area contributed by atoms with Crippen molar-refractivity contribution >= 4 is 28.5 Å². The van der Waals surface area contributed by atoms with Crippen molar-refractivity contribution in [3.63, 3.8) is 0 Å². The van der Waals surface area contributed by atoms with E-state index in [9.17, 15) is 14.7 Å². The lowest BCUT2D eigenvalue weighted by atomic mass is 10.2. The normalized spacial score (nSPS) is 10.8. The van der Waals surface area contributed by atoms with Gasteiger partial charge in [-0.1, -0.05) is 0 Å². The zero-order chi connectivity index (χ0) is 12.3. The molecule has 17 heavy (non-hydrogen) atoms. The van der Waals surface area contributed by atoms with Crippen molar-refractivity contribution < 1.29 is 14.7 Å². The van der Waals surface area contributed by atoms with Crippen LogP contribution in [0.25, 0.3) is 10.9 Å². The van der Waals surface area contributed by atoms with E-state index in [0.29, 0.717) is 11.8 Å². The average molecular weight is 230 g/mol. The molecule has 0 aliphatic heterocycles. The third-order valence-electron chi connectivity index (χ3n) is 2.08. The second kappa shape index (κ2) is 4.48. The van der Waals surface area contributed by atoms with E-state index in [-0.39, 0.29) is 0 Å². The van der Waals surface area contributed by atoms with Gasteiger partial charge < -0.3 is 15.2 Å². The van der Waals surface area contributed by atoms with Crippen molar-refractivity contribution in [3.8, 4) is 0 Å². The zero-order valence-corrected chi connectivity index (χ0v) is 8.64. The molecule has 2 aromatic rings. The lowest BCUT2D eigenvalue weighted by Gasteiger charge is -2.01. The molecule has 0 saturated carbocycles. The van der Waals surface area contributed by atoms with Crippen LogP contribution in [0.5, 0.6) is 0 Å². The van der Waals surface area contributed by atoms with Crippen LogP contribution in [0.4, 0.5) is 5.69 Å². The number of aromatic amines is 1. The smallest absolute Gasteiger partial charge is 0.248 e. The lowest BCUT2D eigenvalue weighted by molar-refractivity contribution is -0.297. The van der Waals surface area contributed by atoms with Crippen LogP contribution >= 0.6 is 0 Å².